The van der Waals surface area contributed by atoms with E-state index >= 15 is 0 Å². The molecule has 0 spiro atoms. The van der Waals surface area contributed by atoms with Crippen molar-refractivity contribution < 1.29 is 9.59 Å². The Morgan fingerprint density at radius 3 is 2.88 bits per heavy atom. The number of fused-ring (bicyclic) bond motifs is 1. The van der Waals surface area contributed by atoms with Crippen molar-refractivity contribution in [3.05, 3.63) is 48.0 Å². The van der Waals surface area contributed by atoms with Gasteiger partial charge in [-0.25, -0.2) is 4.98 Å². The second-order valence-corrected chi connectivity index (χ2v) is 6.87. The van der Waals surface area contributed by atoms with Crippen molar-refractivity contribution in [1.82, 2.24) is 14.5 Å². The van der Waals surface area contributed by atoms with Crippen LogP contribution in [0.2, 0.25) is 0 Å². The summed E-state index contributed by atoms with van der Waals surface area (Å²) in [6.45, 7) is 2.28. The fourth-order valence-corrected chi connectivity index (χ4v) is 3.85. The molecule has 1 fully saturated rings. The van der Waals surface area contributed by atoms with Crippen LogP contribution < -0.4 is 4.90 Å². The highest BCUT2D eigenvalue weighted by atomic mass is 16.2. The van der Waals surface area contributed by atoms with Crippen LogP contribution in [-0.2, 0) is 11.8 Å². The second kappa shape index (κ2) is 6.35. The highest BCUT2D eigenvalue weighted by Crippen LogP contribution is 2.38. The van der Waals surface area contributed by atoms with Crippen molar-refractivity contribution in [2.75, 3.05) is 24.5 Å². The lowest BCUT2D eigenvalue weighted by Crippen LogP contribution is -2.31. The molecule has 1 aromatic carbocycles. The van der Waals surface area contributed by atoms with Gasteiger partial charge in [0.1, 0.15) is 5.69 Å². The van der Waals surface area contributed by atoms with Gasteiger partial charge in [0, 0.05) is 50.9 Å². The minimum absolute atomic E-state index is 0.0622. The smallest absolute Gasteiger partial charge is 0.278 e. The Labute approximate surface area is 147 Å². The molecule has 1 aromatic heterocycles. The Balaban J connectivity index is 1.53. The molecule has 0 radical (unpaired) electrons. The third-order valence-corrected chi connectivity index (χ3v) is 5.16. The molecule has 6 heteroatoms. The fraction of sp³-hybridized carbons (Fsp3) is 0.421. The summed E-state index contributed by atoms with van der Waals surface area (Å²) in [5, 5.41) is 0. The van der Waals surface area contributed by atoms with E-state index in [9.17, 15) is 9.59 Å². The Kier molecular flexibility index (Phi) is 4.03. The summed E-state index contributed by atoms with van der Waals surface area (Å²) in [5.41, 5.74) is 2.63. The van der Waals surface area contributed by atoms with Gasteiger partial charge in [0.25, 0.3) is 5.91 Å². The van der Waals surface area contributed by atoms with Crippen molar-refractivity contribution >= 4 is 17.5 Å². The van der Waals surface area contributed by atoms with Gasteiger partial charge >= 0.3 is 0 Å². The lowest BCUT2D eigenvalue weighted by atomic mass is 9.98. The van der Waals surface area contributed by atoms with Gasteiger partial charge in [-0.2, -0.15) is 0 Å². The molecule has 2 aliphatic rings. The lowest BCUT2D eigenvalue weighted by Gasteiger charge is -2.19. The predicted molar refractivity (Wildman–Crippen MR) is 94.5 cm³/mol. The van der Waals surface area contributed by atoms with E-state index < -0.39 is 0 Å². The number of hydrogen-bond acceptors (Lipinski definition) is 3. The number of carbonyl (C=O) groups excluding carboxylic acids is 2. The standard InChI is InChI=1S/C19H22N4O2/c1-21-12-16(20-13-21)19(25)23-11-14(15-5-2-3-6-17(15)23)8-10-22-9-4-7-18(22)24/h2-3,5-6,12-14H,4,7-11H2,1H3. The lowest BCUT2D eigenvalue weighted by molar-refractivity contribution is -0.127. The number of hydrogen-bond donors (Lipinski definition) is 0. The molecule has 3 heterocycles. The summed E-state index contributed by atoms with van der Waals surface area (Å²) in [6.07, 6.45) is 5.91. The van der Waals surface area contributed by atoms with Gasteiger partial charge in [0.15, 0.2) is 0 Å². The molecule has 1 atom stereocenters. The van der Waals surface area contributed by atoms with Crippen molar-refractivity contribution in [2.45, 2.75) is 25.2 Å². The van der Waals surface area contributed by atoms with Gasteiger partial charge in [-0.15, -0.1) is 0 Å². The minimum atomic E-state index is -0.0622. The molecule has 4 rings (SSSR count). The highest BCUT2D eigenvalue weighted by molar-refractivity contribution is 6.06. The zero-order chi connectivity index (χ0) is 17.4. The molecule has 6 nitrogen and oxygen atoms in total. The molecule has 2 aliphatic heterocycles. The number of imidazole rings is 1. The van der Waals surface area contributed by atoms with E-state index in [0.717, 1.165) is 31.6 Å². The third-order valence-electron chi connectivity index (χ3n) is 5.16. The molecule has 130 valence electrons. The monoisotopic (exact) mass is 338 g/mol. The van der Waals surface area contributed by atoms with Crippen LogP contribution in [0.25, 0.3) is 0 Å². The van der Waals surface area contributed by atoms with Gasteiger partial charge in [0.2, 0.25) is 5.91 Å². The molecule has 25 heavy (non-hydrogen) atoms. The number of anilines is 1. The number of rotatable bonds is 4. The van der Waals surface area contributed by atoms with Crippen LogP contribution in [0.5, 0.6) is 0 Å². The molecular formula is C19H22N4O2. The molecular weight excluding hydrogens is 316 g/mol. The molecule has 1 unspecified atom stereocenters. The molecule has 2 amide bonds. The number of likely N-dealkylation sites (tertiary alicyclic amines) is 1. The molecule has 0 aliphatic carbocycles. The summed E-state index contributed by atoms with van der Waals surface area (Å²) in [7, 11) is 1.86. The number of aryl methyl sites for hydroxylation is 1. The van der Waals surface area contributed by atoms with E-state index in [2.05, 4.69) is 11.1 Å². The van der Waals surface area contributed by atoms with E-state index in [1.54, 1.807) is 17.1 Å². The minimum Gasteiger partial charge on any atom is -0.343 e. The SMILES string of the molecule is Cn1cnc(C(=O)N2CC(CCN3CCCC3=O)c3ccccc32)c1. The maximum absolute atomic E-state index is 12.9. The Bertz CT molecular complexity index is 813. The Morgan fingerprint density at radius 1 is 1.32 bits per heavy atom. The predicted octanol–water partition coefficient (Wildman–Crippen LogP) is 2.18. The summed E-state index contributed by atoms with van der Waals surface area (Å²) < 4.78 is 1.78. The third kappa shape index (κ3) is 2.92. The van der Waals surface area contributed by atoms with Crippen LogP contribution in [0.1, 0.15) is 41.2 Å². The number of para-hydroxylation sites is 1. The van der Waals surface area contributed by atoms with Gasteiger partial charge in [-0.3, -0.25) is 9.59 Å². The van der Waals surface area contributed by atoms with Crippen LogP contribution in [0, 0.1) is 0 Å². The largest absolute Gasteiger partial charge is 0.343 e. The number of amides is 2. The normalized spacial score (nSPS) is 19.6. The molecule has 0 N–H and O–H groups in total. The number of nitrogens with zero attached hydrogens (tertiary/aromatic N) is 4. The molecule has 0 saturated carbocycles. The van der Waals surface area contributed by atoms with E-state index in [4.69, 9.17) is 0 Å². The molecule has 0 bridgehead atoms. The van der Waals surface area contributed by atoms with Gasteiger partial charge in [-0.1, -0.05) is 18.2 Å². The first-order chi connectivity index (χ1) is 12.1. The zero-order valence-electron chi connectivity index (χ0n) is 14.4. The topological polar surface area (TPSA) is 58.4 Å². The summed E-state index contributed by atoms with van der Waals surface area (Å²) >= 11 is 0. The van der Waals surface area contributed by atoms with E-state index in [-0.39, 0.29) is 17.7 Å². The molecule has 2 aromatic rings. The second-order valence-electron chi connectivity index (χ2n) is 6.87. The van der Waals surface area contributed by atoms with Crippen LogP contribution in [0.3, 0.4) is 0 Å². The Morgan fingerprint density at radius 2 is 2.16 bits per heavy atom. The maximum Gasteiger partial charge on any atom is 0.278 e. The van der Waals surface area contributed by atoms with Crippen molar-refractivity contribution in [2.24, 2.45) is 7.05 Å². The van der Waals surface area contributed by atoms with Gasteiger partial charge < -0.3 is 14.4 Å². The maximum atomic E-state index is 12.9. The van der Waals surface area contributed by atoms with Crippen LogP contribution in [0.15, 0.2) is 36.8 Å². The van der Waals surface area contributed by atoms with E-state index in [1.165, 1.54) is 5.56 Å². The van der Waals surface area contributed by atoms with Crippen molar-refractivity contribution in [1.29, 1.82) is 0 Å². The van der Waals surface area contributed by atoms with Crippen molar-refractivity contribution in [3.63, 3.8) is 0 Å². The quantitative estimate of drug-likeness (QED) is 0.858. The summed E-state index contributed by atoms with van der Waals surface area (Å²) in [5.74, 6) is 0.456. The average molecular weight is 338 g/mol. The summed E-state index contributed by atoms with van der Waals surface area (Å²) in [4.78, 5) is 32.7. The van der Waals surface area contributed by atoms with Crippen LogP contribution in [0.4, 0.5) is 5.69 Å². The number of carbonyl (C=O) groups is 2. The van der Waals surface area contributed by atoms with E-state index in [0.29, 0.717) is 18.7 Å². The zero-order valence-corrected chi connectivity index (χ0v) is 14.4. The fourth-order valence-electron chi connectivity index (χ4n) is 3.85. The van der Waals surface area contributed by atoms with Crippen molar-refractivity contribution in [3.8, 4) is 0 Å². The van der Waals surface area contributed by atoms with E-state index in [1.807, 2.05) is 35.0 Å². The number of benzene rings is 1. The Hall–Kier alpha value is -2.63. The average Bonchev–Trinajstić information content (AvgIpc) is 3.31. The highest BCUT2D eigenvalue weighted by Gasteiger charge is 2.34. The number of aromatic nitrogens is 2. The first-order valence-corrected chi connectivity index (χ1v) is 8.80. The van der Waals surface area contributed by atoms with Gasteiger partial charge in [0.05, 0.1) is 6.33 Å². The first-order valence-electron chi connectivity index (χ1n) is 8.80. The van der Waals surface area contributed by atoms with Gasteiger partial charge in [-0.05, 0) is 24.5 Å². The van der Waals surface area contributed by atoms with Crippen LogP contribution in [-0.4, -0.2) is 45.9 Å². The van der Waals surface area contributed by atoms with Crippen LogP contribution >= 0.6 is 0 Å². The summed E-state index contributed by atoms with van der Waals surface area (Å²) in [6, 6.07) is 8.07. The molecule has 1 saturated heterocycles. The first kappa shape index (κ1) is 15.9.